The smallest absolute Gasteiger partial charge is 0.285 e. The molecule has 26 heavy (non-hydrogen) atoms. The summed E-state index contributed by atoms with van der Waals surface area (Å²) in [5.41, 5.74) is 3.72. The van der Waals surface area contributed by atoms with E-state index < -0.39 is 0 Å². The average Bonchev–Trinajstić information content (AvgIpc) is 2.62. The van der Waals surface area contributed by atoms with Gasteiger partial charge in [-0.1, -0.05) is 13.3 Å². The van der Waals surface area contributed by atoms with E-state index in [-0.39, 0.29) is 11.9 Å². The molecule has 0 N–H and O–H groups in total. The van der Waals surface area contributed by atoms with Crippen molar-refractivity contribution >= 4 is 11.6 Å². The molecule has 1 saturated heterocycles. The Hall–Kier alpha value is -1.86. The molecule has 4 heteroatoms. The number of nitrogens with zero attached hydrogens (tertiary/aromatic N) is 3. The second-order valence-electron chi connectivity index (χ2n) is 7.94. The summed E-state index contributed by atoms with van der Waals surface area (Å²) >= 11 is 0. The first-order valence-corrected chi connectivity index (χ1v) is 10.0. The van der Waals surface area contributed by atoms with Gasteiger partial charge in [0.2, 0.25) is 0 Å². The summed E-state index contributed by atoms with van der Waals surface area (Å²) < 4.78 is 0.837. The van der Waals surface area contributed by atoms with Crippen LogP contribution < -0.4 is 4.90 Å². The van der Waals surface area contributed by atoms with E-state index in [1.807, 2.05) is 30.9 Å². The fraction of sp³-hybridized carbons (Fsp3) is 0.636. The van der Waals surface area contributed by atoms with Crippen LogP contribution in [0.4, 0.5) is 5.69 Å². The zero-order chi connectivity index (χ0) is 19.3. The lowest BCUT2D eigenvalue weighted by atomic mass is 9.96. The number of anilines is 1. The van der Waals surface area contributed by atoms with E-state index in [1.54, 1.807) is 0 Å². The van der Waals surface area contributed by atoms with Gasteiger partial charge in [-0.05, 0) is 63.3 Å². The van der Waals surface area contributed by atoms with Crippen molar-refractivity contribution in [2.75, 3.05) is 31.6 Å². The minimum atomic E-state index is 0.0417. The topological polar surface area (TPSA) is 44.1 Å². The van der Waals surface area contributed by atoms with Gasteiger partial charge in [-0.15, -0.1) is 0 Å². The van der Waals surface area contributed by atoms with Crippen LogP contribution in [0.2, 0.25) is 0 Å². The van der Waals surface area contributed by atoms with Gasteiger partial charge in [0.05, 0.1) is 31.8 Å². The van der Waals surface area contributed by atoms with Crippen molar-refractivity contribution in [2.24, 2.45) is 0 Å². The predicted molar refractivity (Wildman–Crippen MR) is 107 cm³/mol. The van der Waals surface area contributed by atoms with E-state index in [0.29, 0.717) is 5.56 Å². The van der Waals surface area contributed by atoms with Crippen LogP contribution in [0.3, 0.4) is 0 Å². The highest BCUT2D eigenvalue weighted by atomic mass is 16.2. The van der Waals surface area contributed by atoms with E-state index in [1.165, 1.54) is 19.3 Å². The van der Waals surface area contributed by atoms with E-state index in [0.717, 1.165) is 53.8 Å². The summed E-state index contributed by atoms with van der Waals surface area (Å²) in [5, 5.41) is 9.19. The Morgan fingerprint density at radius 2 is 1.88 bits per heavy atom. The maximum Gasteiger partial charge on any atom is 0.285 e. The van der Waals surface area contributed by atoms with Crippen LogP contribution in [0.1, 0.15) is 62.6 Å². The van der Waals surface area contributed by atoms with Gasteiger partial charge < -0.3 is 9.38 Å². The first-order valence-electron chi connectivity index (χ1n) is 10.0. The second-order valence-corrected chi connectivity index (χ2v) is 7.94. The van der Waals surface area contributed by atoms with Crippen LogP contribution in [0.5, 0.6) is 0 Å². The first kappa shape index (κ1) is 20.5. The van der Waals surface area contributed by atoms with Gasteiger partial charge in [-0.3, -0.25) is 4.79 Å². The maximum atomic E-state index is 13.5. The number of aryl methyl sites for hydroxylation is 2. The molecule has 0 saturated carbocycles. The summed E-state index contributed by atoms with van der Waals surface area (Å²) in [7, 11) is 2.25. The van der Waals surface area contributed by atoms with E-state index >= 15 is 0 Å². The third-order valence-electron chi connectivity index (χ3n) is 6.05. The molecule has 1 aromatic carbocycles. The molecule has 1 aliphatic rings. The molecule has 1 fully saturated rings. The number of hydrogen-bond acceptors (Lipinski definition) is 2. The third kappa shape index (κ3) is 4.10. The van der Waals surface area contributed by atoms with Gasteiger partial charge in [0.1, 0.15) is 0 Å². The van der Waals surface area contributed by atoms with Crippen molar-refractivity contribution in [2.45, 2.75) is 65.8 Å². The number of carbonyl (C=O) groups is 1. The van der Waals surface area contributed by atoms with Gasteiger partial charge in [0.25, 0.3) is 5.91 Å². The van der Waals surface area contributed by atoms with E-state index in [4.69, 9.17) is 0 Å². The minimum Gasteiger partial charge on any atom is -0.316 e. The largest absolute Gasteiger partial charge is 0.316 e. The highest BCUT2D eigenvalue weighted by Crippen LogP contribution is 2.32. The Kier molecular flexibility index (Phi) is 6.83. The van der Waals surface area contributed by atoms with Crippen LogP contribution in [0.25, 0.3) is 0 Å². The molecule has 2 unspecified atom stereocenters. The lowest BCUT2D eigenvalue weighted by Crippen LogP contribution is -2.62. The summed E-state index contributed by atoms with van der Waals surface area (Å²) in [5.74, 6) is 0.257. The highest BCUT2D eigenvalue weighted by molar-refractivity contribution is 5.98. The Balaban J connectivity index is 2.31. The van der Waals surface area contributed by atoms with Crippen LogP contribution in [-0.2, 0) is 4.79 Å². The SMILES string of the molecule is CCCCC[N+](C)(CC)C1CCCN(c2c(C)cc(C#N)cc2C)C1=O. The molecule has 1 aliphatic heterocycles. The molecular weight excluding hydrogens is 322 g/mol. The second kappa shape index (κ2) is 8.68. The van der Waals surface area contributed by atoms with Crippen molar-refractivity contribution in [3.8, 4) is 6.07 Å². The Labute approximate surface area is 159 Å². The Bertz CT molecular complexity index is 668. The van der Waals surface area contributed by atoms with Crippen molar-refractivity contribution in [1.82, 2.24) is 0 Å². The van der Waals surface area contributed by atoms with Crippen LogP contribution in [0.15, 0.2) is 12.1 Å². The molecule has 2 rings (SSSR count). The number of benzene rings is 1. The Morgan fingerprint density at radius 3 is 2.42 bits per heavy atom. The molecule has 4 nitrogen and oxygen atoms in total. The fourth-order valence-electron chi connectivity index (χ4n) is 4.36. The normalized spacial score (nSPS) is 19.9. The number of nitriles is 1. The molecule has 1 aromatic rings. The number of rotatable bonds is 7. The summed E-state index contributed by atoms with van der Waals surface area (Å²) in [6, 6.07) is 6.05. The van der Waals surface area contributed by atoms with E-state index in [9.17, 15) is 10.1 Å². The third-order valence-corrected chi connectivity index (χ3v) is 6.05. The number of likely N-dealkylation sites (N-methyl/N-ethyl adjacent to an activating group) is 1. The summed E-state index contributed by atoms with van der Waals surface area (Å²) in [6.45, 7) is 11.3. The molecule has 2 atom stereocenters. The molecule has 0 aromatic heterocycles. The van der Waals surface area contributed by atoms with Gasteiger partial charge in [0, 0.05) is 18.7 Å². The first-order chi connectivity index (χ1) is 12.4. The predicted octanol–water partition coefficient (Wildman–Crippen LogP) is 4.33. The highest BCUT2D eigenvalue weighted by Gasteiger charge is 2.42. The molecule has 142 valence electrons. The monoisotopic (exact) mass is 356 g/mol. The van der Waals surface area contributed by atoms with Crippen molar-refractivity contribution < 1.29 is 9.28 Å². The summed E-state index contributed by atoms with van der Waals surface area (Å²) in [4.78, 5) is 15.5. The molecule has 0 radical (unpaired) electrons. The molecule has 0 spiro atoms. The van der Waals surface area contributed by atoms with Gasteiger partial charge >= 0.3 is 0 Å². The standard InChI is InChI=1S/C22H34N3O/c1-6-8-9-13-25(5,7-2)20-11-10-12-24(22(20)26)21-17(3)14-19(16-23)15-18(21)4/h14-15,20H,6-13H2,1-5H3/q+1. The van der Waals surface area contributed by atoms with Gasteiger partial charge in [0.15, 0.2) is 6.04 Å². The van der Waals surface area contributed by atoms with E-state index in [2.05, 4.69) is 27.0 Å². The quantitative estimate of drug-likeness (QED) is 0.539. The number of quaternary nitrogens is 1. The number of carbonyl (C=O) groups excluding carboxylic acids is 1. The molecule has 1 amide bonds. The number of hydrogen-bond donors (Lipinski definition) is 0. The fourth-order valence-corrected chi connectivity index (χ4v) is 4.36. The molecule has 0 bridgehead atoms. The van der Waals surface area contributed by atoms with Gasteiger partial charge in [-0.25, -0.2) is 0 Å². The number of amides is 1. The zero-order valence-corrected chi connectivity index (χ0v) is 17.1. The zero-order valence-electron chi connectivity index (χ0n) is 17.1. The lowest BCUT2D eigenvalue weighted by Gasteiger charge is -2.45. The average molecular weight is 357 g/mol. The summed E-state index contributed by atoms with van der Waals surface area (Å²) in [6.07, 6.45) is 5.63. The van der Waals surface area contributed by atoms with Crippen LogP contribution in [-0.4, -0.2) is 43.1 Å². The minimum absolute atomic E-state index is 0.0417. The van der Waals surface area contributed by atoms with Crippen molar-refractivity contribution in [3.05, 3.63) is 28.8 Å². The van der Waals surface area contributed by atoms with Crippen molar-refractivity contribution in [3.63, 3.8) is 0 Å². The lowest BCUT2D eigenvalue weighted by molar-refractivity contribution is -0.923. The van der Waals surface area contributed by atoms with Crippen LogP contribution in [0, 0.1) is 25.2 Å². The molecule has 0 aliphatic carbocycles. The van der Waals surface area contributed by atoms with Gasteiger partial charge in [-0.2, -0.15) is 5.26 Å². The van der Waals surface area contributed by atoms with Crippen LogP contribution >= 0.6 is 0 Å². The number of unbranched alkanes of at least 4 members (excludes halogenated alkanes) is 2. The molecular formula is C22H34N3O+. The van der Waals surface area contributed by atoms with Crippen molar-refractivity contribution in [1.29, 1.82) is 5.26 Å². The number of piperidine rings is 1. The Morgan fingerprint density at radius 1 is 1.23 bits per heavy atom. The molecule has 1 heterocycles. The maximum absolute atomic E-state index is 13.5.